The van der Waals surface area contributed by atoms with E-state index in [1.165, 1.54) is 25.8 Å². The van der Waals surface area contributed by atoms with Crippen LogP contribution in [0.25, 0.3) is 22.3 Å². The van der Waals surface area contributed by atoms with E-state index in [0.717, 1.165) is 11.4 Å². The summed E-state index contributed by atoms with van der Waals surface area (Å²) in [5, 5.41) is 3.59. The summed E-state index contributed by atoms with van der Waals surface area (Å²) in [7, 11) is 0. The molecule has 0 aromatic heterocycles. The molecular weight excluding hydrogens is 429 g/mol. The first-order valence-electron chi connectivity index (χ1n) is 8.58. The summed E-state index contributed by atoms with van der Waals surface area (Å²) in [5.41, 5.74) is 7.11. The fraction of sp³-hybridized carbons (Fsp3) is 0. The van der Waals surface area contributed by atoms with Crippen LogP contribution in [-0.4, -0.2) is 0 Å². The quantitative estimate of drug-likeness (QED) is 0.322. The second-order valence-corrected chi connectivity index (χ2v) is 7.19. The highest BCUT2D eigenvalue weighted by Crippen LogP contribution is 2.37. The minimum atomic E-state index is 1.09. The first kappa shape index (κ1) is 16.9. The molecule has 0 radical (unpaired) electrons. The minimum Gasteiger partial charge on any atom is -0.355 e. The summed E-state index contributed by atoms with van der Waals surface area (Å²) in [4.78, 5) is 0. The van der Waals surface area contributed by atoms with Crippen molar-refractivity contribution in [3.8, 4) is 22.3 Å². The number of hydrogen-bond donors (Lipinski definition) is 1. The van der Waals surface area contributed by atoms with Gasteiger partial charge in [0.2, 0.25) is 0 Å². The van der Waals surface area contributed by atoms with Gasteiger partial charge in [-0.1, -0.05) is 78.9 Å². The van der Waals surface area contributed by atoms with Gasteiger partial charge in [0, 0.05) is 9.26 Å². The first-order chi connectivity index (χ1) is 12.8. The molecule has 0 saturated carbocycles. The van der Waals surface area contributed by atoms with Crippen LogP contribution in [0.5, 0.6) is 0 Å². The third-order valence-corrected chi connectivity index (χ3v) is 5.48. The number of hydrogen-bond acceptors (Lipinski definition) is 1. The Morgan fingerprint density at radius 3 is 1.69 bits per heavy atom. The Morgan fingerprint density at radius 2 is 1.08 bits per heavy atom. The maximum absolute atomic E-state index is 3.59. The highest BCUT2D eigenvalue weighted by atomic mass is 127. The molecule has 1 nitrogen and oxygen atoms in total. The van der Waals surface area contributed by atoms with Gasteiger partial charge in [-0.15, -0.1) is 0 Å². The molecule has 0 unspecified atom stereocenters. The number of rotatable bonds is 4. The Morgan fingerprint density at radius 1 is 0.538 bits per heavy atom. The van der Waals surface area contributed by atoms with Gasteiger partial charge >= 0.3 is 0 Å². The van der Waals surface area contributed by atoms with E-state index < -0.39 is 0 Å². The van der Waals surface area contributed by atoms with Crippen molar-refractivity contribution in [3.05, 3.63) is 107 Å². The highest BCUT2D eigenvalue weighted by Gasteiger charge is 2.12. The van der Waals surface area contributed by atoms with Crippen LogP contribution in [0.4, 0.5) is 11.4 Å². The first-order valence-corrected chi connectivity index (χ1v) is 9.65. The van der Waals surface area contributed by atoms with Crippen LogP contribution in [-0.2, 0) is 0 Å². The zero-order valence-electron chi connectivity index (χ0n) is 14.2. The zero-order chi connectivity index (χ0) is 17.8. The molecule has 0 aliphatic carbocycles. The maximum Gasteiger partial charge on any atom is 0.0532 e. The SMILES string of the molecule is Ic1c(Nc2ccccc2)cc(-c2ccccc2)cc1-c1ccccc1. The fourth-order valence-electron chi connectivity index (χ4n) is 3.02. The molecule has 26 heavy (non-hydrogen) atoms. The molecule has 0 spiro atoms. The van der Waals surface area contributed by atoms with E-state index in [-0.39, 0.29) is 0 Å². The zero-order valence-corrected chi connectivity index (χ0v) is 16.4. The number of para-hydroxylation sites is 1. The molecule has 126 valence electrons. The summed E-state index contributed by atoms with van der Waals surface area (Å²) in [6, 6.07) is 35.9. The highest BCUT2D eigenvalue weighted by molar-refractivity contribution is 14.1. The van der Waals surface area contributed by atoms with Crippen LogP contribution in [0, 0.1) is 3.57 Å². The van der Waals surface area contributed by atoms with Gasteiger partial charge in [-0.2, -0.15) is 0 Å². The van der Waals surface area contributed by atoms with Crippen LogP contribution >= 0.6 is 22.6 Å². The van der Waals surface area contributed by atoms with Gasteiger partial charge in [-0.3, -0.25) is 0 Å². The molecule has 0 saturated heterocycles. The Kier molecular flexibility index (Phi) is 5.02. The molecule has 0 aliphatic rings. The predicted octanol–water partition coefficient (Wildman–Crippen LogP) is 7.37. The van der Waals surface area contributed by atoms with Crippen molar-refractivity contribution in [2.45, 2.75) is 0 Å². The van der Waals surface area contributed by atoms with Gasteiger partial charge in [0.05, 0.1) is 5.69 Å². The largest absolute Gasteiger partial charge is 0.355 e. The van der Waals surface area contributed by atoms with Gasteiger partial charge in [0.25, 0.3) is 0 Å². The molecular formula is C24H18IN. The van der Waals surface area contributed by atoms with Gasteiger partial charge < -0.3 is 5.32 Å². The Hall–Kier alpha value is -2.59. The molecule has 4 aromatic rings. The Balaban J connectivity index is 1.87. The van der Waals surface area contributed by atoms with Crippen LogP contribution in [0.15, 0.2) is 103 Å². The fourth-order valence-corrected chi connectivity index (χ4v) is 3.78. The van der Waals surface area contributed by atoms with Crippen molar-refractivity contribution in [1.29, 1.82) is 0 Å². The van der Waals surface area contributed by atoms with E-state index in [0.29, 0.717) is 0 Å². The lowest BCUT2D eigenvalue weighted by atomic mass is 9.98. The van der Waals surface area contributed by atoms with Gasteiger partial charge in [0.15, 0.2) is 0 Å². The second-order valence-electron chi connectivity index (χ2n) is 6.11. The molecule has 0 fully saturated rings. The van der Waals surface area contributed by atoms with E-state index in [1.807, 2.05) is 18.2 Å². The summed E-state index contributed by atoms with van der Waals surface area (Å²) in [6.07, 6.45) is 0. The third kappa shape index (κ3) is 3.65. The molecule has 4 rings (SSSR count). The van der Waals surface area contributed by atoms with Crippen molar-refractivity contribution < 1.29 is 0 Å². The standard InChI is InChI=1S/C24H18IN/c25-24-22(19-12-6-2-7-13-19)16-20(18-10-4-1-5-11-18)17-23(24)26-21-14-8-3-9-15-21/h1-17,26H. The summed E-state index contributed by atoms with van der Waals surface area (Å²) < 4.78 is 1.22. The Labute approximate surface area is 167 Å². The van der Waals surface area contributed by atoms with E-state index in [1.54, 1.807) is 0 Å². The van der Waals surface area contributed by atoms with Crippen LogP contribution in [0.2, 0.25) is 0 Å². The minimum absolute atomic E-state index is 1.09. The van der Waals surface area contributed by atoms with E-state index in [9.17, 15) is 0 Å². The van der Waals surface area contributed by atoms with Gasteiger partial charge in [-0.25, -0.2) is 0 Å². The topological polar surface area (TPSA) is 12.0 Å². The predicted molar refractivity (Wildman–Crippen MR) is 120 cm³/mol. The number of halogens is 1. The second kappa shape index (κ2) is 7.75. The summed E-state index contributed by atoms with van der Waals surface area (Å²) >= 11 is 2.44. The lowest BCUT2D eigenvalue weighted by Gasteiger charge is -2.16. The molecule has 4 aromatic carbocycles. The molecule has 0 bridgehead atoms. The molecule has 0 atom stereocenters. The van der Waals surface area contributed by atoms with Crippen molar-refractivity contribution >= 4 is 34.0 Å². The summed E-state index contributed by atoms with van der Waals surface area (Å²) in [6.45, 7) is 0. The Bertz CT molecular complexity index is 996. The molecule has 2 heteroatoms. The molecule has 1 N–H and O–H groups in total. The van der Waals surface area contributed by atoms with Crippen molar-refractivity contribution in [1.82, 2.24) is 0 Å². The van der Waals surface area contributed by atoms with Gasteiger partial charge in [0.1, 0.15) is 0 Å². The van der Waals surface area contributed by atoms with Crippen molar-refractivity contribution in [3.63, 3.8) is 0 Å². The van der Waals surface area contributed by atoms with Crippen molar-refractivity contribution in [2.75, 3.05) is 5.32 Å². The van der Waals surface area contributed by atoms with Crippen molar-refractivity contribution in [2.24, 2.45) is 0 Å². The molecule has 0 amide bonds. The van der Waals surface area contributed by atoms with Crippen LogP contribution in [0.1, 0.15) is 0 Å². The smallest absolute Gasteiger partial charge is 0.0532 e. The molecule has 0 aliphatic heterocycles. The number of anilines is 2. The van der Waals surface area contributed by atoms with E-state index in [2.05, 4.69) is 113 Å². The maximum atomic E-state index is 3.59. The lowest BCUT2D eigenvalue weighted by Crippen LogP contribution is -1.96. The van der Waals surface area contributed by atoms with Crippen LogP contribution < -0.4 is 5.32 Å². The number of benzene rings is 4. The normalized spacial score (nSPS) is 10.5. The monoisotopic (exact) mass is 447 g/mol. The van der Waals surface area contributed by atoms with Gasteiger partial charge in [-0.05, 0) is 69.1 Å². The van der Waals surface area contributed by atoms with E-state index in [4.69, 9.17) is 0 Å². The van der Waals surface area contributed by atoms with E-state index >= 15 is 0 Å². The third-order valence-electron chi connectivity index (χ3n) is 4.32. The average molecular weight is 447 g/mol. The number of nitrogens with one attached hydrogen (secondary N) is 1. The molecule has 0 heterocycles. The lowest BCUT2D eigenvalue weighted by molar-refractivity contribution is 1.50. The average Bonchev–Trinajstić information content (AvgIpc) is 2.71. The van der Waals surface area contributed by atoms with Crippen LogP contribution in [0.3, 0.4) is 0 Å². The summed E-state index contributed by atoms with van der Waals surface area (Å²) in [5.74, 6) is 0.